The van der Waals surface area contributed by atoms with Crippen molar-refractivity contribution in [3.8, 4) is 0 Å². The normalized spacial score (nSPS) is 18.0. The molecule has 38 heavy (non-hydrogen) atoms. The van der Waals surface area contributed by atoms with Crippen molar-refractivity contribution in [1.82, 2.24) is 0 Å². The van der Waals surface area contributed by atoms with Gasteiger partial charge in [-0.05, 0) is 43.7 Å². The van der Waals surface area contributed by atoms with Crippen LogP contribution in [0.25, 0.3) is 0 Å². The van der Waals surface area contributed by atoms with Crippen LogP contribution in [0, 0.1) is 0 Å². The molecule has 4 rings (SSSR count). The number of aliphatic hydroxyl groups excluding tert-OH is 2. The second-order valence-corrected chi connectivity index (χ2v) is 9.08. The third-order valence-corrected chi connectivity index (χ3v) is 5.48. The molecule has 0 amide bonds. The highest BCUT2D eigenvalue weighted by Gasteiger charge is 2.23. The minimum atomic E-state index is -0.149. The fourth-order valence-electron chi connectivity index (χ4n) is 3.03. The van der Waals surface area contributed by atoms with Crippen molar-refractivity contribution in [2.75, 3.05) is 52.9 Å². The Morgan fingerprint density at radius 3 is 1.66 bits per heavy atom. The first-order chi connectivity index (χ1) is 18.7. The van der Waals surface area contributed by atoms with Gasteiger partial charge in [-0.15, -0.1) is 0 Å². The predicted octanol–water partition coefficient (Wildman–Crippen LogP) is 4.11. The van der Waals surface area contributed by atoms with Gasteiger partial charge in [0, 0.05) is 26.4 Å². The molecule has 0 aromatic heterocycles. The standard InChI is InChI=1S/C16H24O4.C11H16O2.C3H6O2/c1-14(19-12-16-13-20-16)18-10-6-5-9-17-11-15-7-3-2-4-8-15;12-8-4-5-9-13-10-11-6-2-1-3-7-11;4-1-3-2-5-3/h2-4,7-8,14,16H,5-6,9-13H2,1H3;1-3,6-7,12H,4-5,8-10H2;3-4H,1-2H2. The Bertz CT molecular complexity index is 768. The molecule has 8 heteroatoms. The molecule has 0 aliphatic carbocycles. The zero-order valence-electron chi connectivity index (χ0n) is 22.7. The van der Waals surface area contributed by atoms with E-state index in [-0.39, 0.29) is 25.6 Å². The quantitative estimate of drug-likeness (QED) is 0.167. The average molecular weight is 535 g/mol. The van der Waals surface area contributed by atoms with Gasteiger partial charge >= 0.3 is 0 Å². The maximum absolute atomic E-state index is 8.53. The van der Waals surface area contributed by atoms with E-state index in [9.17, 15) is 0 Å². The first-order valence-corrected chi connectivity index (χ1v) is 13.6. The Balaban J connectivity index is 0.000000239. The molecular formula is C30H46O8. The number of unbranched alkanes of at least 4 members (excludes halogenated alkanes) is 2. The van der Waals surface area contributed by atoms with Crippen molar-refractivity contribution in [3.05, 3.63) is 71.8 Å². The fraction of sp³-hybridized carbons (Fsp3) is 0.600. The van der Waals surface area contributed by atoms with E-state index < -0.39 is 0 Å². The van der Waals surface area contributed by atoms with Crippen LogP contribution in [0.4, 0.5) is 0 Å². The number of hydrogen-bond acceptors (Lipinski definition) is 8. The van der Waals surface area contributed by atoms with Gasteiger partial charge in [-0.2, -0.15) is 0 Å². The monoisotopic (exact) mass is 534 g/mol. The van der Waals surface area contributed by atoms with Crippen LogP contribution in [0.15, 0.2) is 60.7 Å². The minimum absolute atomic E-state index is 0.149. The van der Waals surface area contributed by atoms with E-state index >= 15 is 0 Å². The van der Waals surface area contributed by atoms with Crippen molar-refractivity contribution in [1.29, 1.82) is 0 Å². The maximum atomic E-state index is 8.53. The topological polar surface area (TPSA) is 102 Å². The van der Waals surface area contributed by atoms with Gasteiger partial charge in [0.05, 0.1) is 39.6 Å². The summed E-state index contributed by atoms with van der Waals surface area (Å²) < 4.78 is 31.7. The molecule has 0 bridgehead atoms. The van der Waals surface area contributed by atoms with Crippen LogP contribution in [0.3, 0.4) is 0 Å². The molecule has 3 atom stereocenters. The first kappa shape index (κ1) is 32.3. The minimum Gasteiger partial charge on any atom is -0.396 e. The van der Waals surface area contributed by atoms with Crippen molar-refractivity contribution in [2.24, 2.45) is 0 Å². The highest BCUT2D eigenvalue weighted by atomic mass is 16.7. The van der Waals surface area contributed by atoms with Crippen molar-refractivity contribution >= 4 is 0 Å². The third kappa shape index (κ3) is 19.2. The van der Waals surface area contributed by atoms with Crippen LogP contribution in [0.1, 0.15) is 43.7 Å². The lowest BCUT2D eigenvalue weighted by Crippen LogP contribution is -2.17. The smallest absolute Gasteiger partial charge is 0.154 e. The molecule has 8 nitrogen and oxygen atoms in total. The summed E-state index contributed by atoms with van der Waals surface area (Å²) in [4.78, 5) is 0. The van der Waals surface area contributed by atoms with Gasteiger partial charge in [0.1, 0.15) is 12.2 Å². The van der Waals surface area contributed by atoms with Gasteiger partial charge in [0.25, 0.3) is 0 Å². The zero-order chi connectivity index (χ0) is 27.1. The number of rotatable bonds is 18. The summed E-state index contributed by atoms with van der Waals surface area (Å²) in [6, 6.07) is 20.3. The molecule has 2 aromatic carbocycles. The predicted molar refractivity (Wildman–Crippen MR) is 146 cm³/mol. The SMILES string of the molecule is CC(OCCCCOCc1ccccc1)OCC1CO1.OCC1CO1.OCCCCOCc1ccccc1. The largest absolute Gasteiger partial charge is 0.396 e. The van der Waals surface area contributed by atoms with E-state index in [1.54, 1.807) is 0 Å². The number of ether oxygens (including phenoxy) is 6. The van der Waals surface area contributed by atoms with Crippen LogP contribution in [0.2, 0.25) is 0 Å². The Labute approximate surface area is 227 Å². The molecule has 0 spiro atoms. The molecule has 2 aliphatic rings. The maximum Gasteiger partial charge on any atom is 0.154 e. The van der Waals surface area contributed by atoms with Gasteiger partial charge in [0.2, 0.25) is 0 Å². The summed E-state index contributed by atoms with van der Waals surface area (Å²) in [5.74, 6) is 0. The summed E-state index contributed by atoms with van der Waals surface area (Å²) in [5, 5.41) is 16.6. The number of hydrogen-bond donors (Lipinski definition) is 2. The lowest BCUT2D eigenvalue weighted by molar-refractivity contribution is -0.134. The van der Waals surface area contributed by atoms with Crippen LogP contribution in [-0.2, 0) is 41.6 Å². The average Bonchev–Trinajstić information content (AvgIpc) is 3.88. The molecule has 2 aromatic rings. The van der Waals surface area contributed by atoms with Crippen molar-refractivity contribution in [2.45, 2.75) is 64.3 Å². The van der Waals surface area contributed by atoms with Gasteiger partial charge in [-0.3, -0.25) is 0 Å². The molecule has 2 aliphatic heterocycles. The van der Waals surface area contributed by atoms with Crippen LogP contribution < -0.4 is 0 Å². The Morgan fingerprint density at radius 1 is 0.711 bits per heavy atom. The van der Waals surface area contributed by atoms with E-state index in [0.29, 0.717) is 32.5 Å². The summed E-state index contributed by atoms with van der Waals surface area (Å²) in [6.45, 7) is 8.17. The van der Waals surface area contributed by atoms with Crippen LogP contribution in [-0.4, -0.2) is 81.6 Å². The molecule has 0 saturated carbocycles. The summed E-state index contributed by atoms with van der Waals surface area (Å²) in [7, 11) is 0. The van der Waals surface area contributed by atoms with E-state index in [1.165, 1.54) is 11.1 Å². The Morgan fingerprint density at radius 2 is 1.21 bits per heavy atom. The highest BCUT2D eigenvalue weighted by molar-refractivity contribution is 5.14. The second-order valence-electron chi connectivity index (χ2n) is 9.08. The molecule has 214 valence electrons. The number of aliphatic hydroxyl groups is 2. The summed E-state index contributed by atoms with van der Waals surface area (Å²) in [5.41, 5.74) is 2.42. The van der Waals surface area contributed by atoms with Gasteiger partial charge in [-0.25, -0.2) is 0 Å². The van der Waals surface area contributed by atoms with E-state index in [1.807, 2.05) is 55.5 Å². The molecule has 2 heterocycles. The van der Waals surface area contributed by atoms with Crippen molar-refractivity contribution < 1.29 is 38.6 Å². The molecule has 2 N–H and O–H groups in total. The molecule has 3 unspecified atom stereocenters. The summed E-state index contributed by atoms with van der Waals surface area (Å²) >= 11 is 0. The molecule has 0 radical (unpaired) electrons. The van der Waals surface area contributed by atoms with E-state index in [4.69, 9.17) is 33.9 Å². The zero-order valence-corrected chi connectivity index (χ0v) is 22.7. The van der Waals surface area contributed by atoms with Crippen LogP contribution >= 0.6 is 0 Å². The second kappa shape index (κ2) is 22.0. The fourth-order valence-corrected chi connectivity index (χ4v) is 3.03. The molecule has 2 saturated heterocycles. The number of benzene rings is 2. The molecule has 2 fully saturated rings. The van der Waals surface area contributed by atoms with Crippen LogP contribution in [0.5, 0.6) is 0 Å². The van der Waals surface area contributed by atoms with Gasteiger partial charge in [0.15, 0.2) is 6.29 Å². The van der Waals surface area contributed by atoms with E-state index in [0.717, 1.165) is 52.1 Å². The lowest BCUT2D eigenvalue weighted by Gasteiger charge is -2.13. The Hall–Kier alpha value is -1.88. The Kier molecular flexibility index (Phi) is 18.7. The number of epoxide rings is 2. The van der Waals surface area contributed by atoms with Gasteiger partial charge in [-0.1, -0.05) is 60.7 Å². The lowest BCUT2D eigenvalue weighted by atomic mass is 10.2. The van der Waals surface area contributed by atoms with E-state index in [2.05, 4.69) is 16.9 Å². The van der Waals surface area contributed by atoms with Gasteiger partial charge < -0.3 is 38.6 Å². The molecular weight excluding hydrogens is 488 g/mol. The highest BCUT2D eigenvalue weighted by Crippen LogP contribution is 2.10. The third-order valence-electron chi connectivity index (χ3n) is 5.48. The summed E-state index contributed by atoms with van der Waals surface area (Å²) in [6.07, 6.45) is 4.10. The first-order valence-electron chi connectivity index (χ1n) is 13.6. The van der Waals surface area contributed by atoms with Crippen molar-refractivity contribution in [3.63, 3.8) is 0 Å².